The van der Waals surface area contributed by atoms with Crippen LogP contribution in [-0.2, 0) is 11.2 Å². The molecule has 0 aromatic heterocycles. The molecule has 0 spiro atoms. The van der Waals surface area contributed by atoms with E-state index < -0.39 is 0 Å². The van der Waals surface area contributed by atoms with Crippen molar-refractivity contribution in [2.45, 2.75) is 37.8 Å². The molecular weight excluding hydrogens is 248 g/mol. The average Bonchev–Trinajstić information content (AvgIpc) is 2.49. The Balaban J connectivity index is 1.52. The third-order valence-corrected chi connectivity index (χ3v) is 4.72. The Morgan fingerprint density at radius 3 is 3.05 bits per heavy atom. The summed E-state index contributed by atoms with van der Waals surface area (Å²) in [5.74, 6) is 0. The van der Waals surface area contributed by atoms with Crippen LogP contribution in [-0.4, -0.2) is 44.2 Å². The van der Waals surface area contributed by atoms with Crippen molar-refractivity contribution in [1.82, 2.24) is 10.2 Å². The molecule has 3 nitrogen and oxygen atoms in total. The van der Waals surface area contributed by atoms with E-state index in [0.717, 1.165) is 26.1 Å². The zero-order valence-corrected chi connectivity index (χ0v) is 12.5. The molecule has 3 rings (SSSR count). The van der Waals surface area contributed by atoms with Crippen molar-refractivity contribution in [2.24, 2.45) is 0 Å². The van der Waals surface area contributed by atoms with Crippen molar-refractivity contribution in [3.8, 4) is 0 Å². The summed E-state index contributed by atoms with van der Waals surface area (Å²) in [6.45, 7) is 4.11. The molecule has 1 N–H and O–H groups in total. The Bertz CT molecular complexity index is 435. The average molecular weight is 274 g/mol. The first kappa shape index (κ1) is 14.1. The number of fused-ring (bicyclic) bond motifs is 1. The number of rotatable bonds is 4. The molecular formula is C17H26N2O. The summed E-state index contributed by atoms with van der Waals surface area (Å²) >= 11 is 0. The van der Waals surface area contributed by atoms with Gasteiger partial charge in [-0.1, -0.05) is 30.7 Å². The summed E-state index contributed by atoms with van der Waals surface area (Å²) in [6, 6.07) is 9.40. The Hall–Kier alpha value is -0.900. The summed E-state index contributed by atoms with van der Waals surface area (Å²) in [7, 11) is 2.25. The fourth-order valence-electron chi connectivity index (χ4n) is 3.43. The number of hydrogen-bond acceptors (Lipinski definition) is 3. The lowest BCUT2D eigenvalue weighted by Gasteiger charge is -2.33. The molecule has 2 aliphatic heterocycles. The van der Waals surface area contributed by atoms with Crippen LogP contribution in [0.4, 0.5) is 0 Å². The van der Waals surface area contributed by atoms with E-state index in [2.05, 4.69) is 41.5 Å². The van der Waals surface area contributed by atoms with Crippen molar-refractivity contribution < 1.29 is 4.74 Å². The molecule has 1 fully saturated rings. The monoisotopic (exact) mass is 274 g/mol. The molecule has 0 aliphatic carbocycles. The van der Waals surface area contributed by atoms with Gasteiger partial charge in [-0.2, -0.15) is 0 Å². The first-order valence-electron chi connectivity index (χ1n) is 7.95. The fourth-order valence-corrected chi connectivity index (χ4v) is 3.43. The maximum Gasteiger partial charge on any atom is 0.0952 e. The quantitative estimate of drug-likeness (QED) is 0.912. The second kappa shape index (κ2) is 6.70. The molecule has 1 saturated heterocycles. The normalized spacial score (nSPS) is 27.2. The number of hydrogen-bond donors (Lipinski definition) is 1. The lowest BCUT2D eigenvalue weighted by molar-refractivity contribution is 0.0408. The van der Waals surface area contributed by atoms with E-state index in [4.69, 9.17) is 4.74 Å². The Kier molecular flexibility index (Phi) is 4.71. The largest absolute Gasteiger partial charge is 0.372 e. The van der Waals surface area contributed by atoms with E-state index in [9.17, 15) is 0 Å². The van der Waals surface area contributed by atoms with Crippen LogP contribution in [0.25, 0.3) is 0 Å². The predicted octanol–water partition coefficient (Wildman–Crippen LogP) is 2.37. The van der Waals surface area contributed by atoms with Crippen molar-refractivity contribution in [1.29, 1.82) is 0 Å². The molecule has 1 aromatic carbocycles. The number of nitrogens with zero attached hydrogens (tertiary/aromatic N) is 1. The molecule has 3 heteroatoms. The molecule has 2 unspecified atom stereocenters. The Morgan fingerprint density at radius 2 is 2.15 bits per heavy atom. The molecule has 0 amide bonds. The van der Waals surface area contributed by atoms with E-state index in [0.29, 0.717) is 6.04 Å². The van der Waals surface area contributed by atoms with Crippen molar-refractivity contribution in [2.75, 3.05) is 33.3 Å². The van der Waals surface area contributed by atoms with Gasteiger partial charge in [0.15, 0.2) is 0 Å². The maximum absolute atomic E-state index is 5.94. The zero-order chi connectivity index (χ0) is 13.8. The third kappa shape index (κ3) is 3.22. The van der Waals surface area contributed by atoms with Gasteiger partial charge in [-0.05, 0) is 44.0 Å². The van der Waals surface area contributed by atoms with E-state index in [-0.39, 0.29) is 6.10 Å². The van der Waals surface area contributed by atoms with Crippen LogP contribution in [0.1, 0.15) is 36.5 Å². The van der Waals surface area contributed by atoms with Crippen LogP contribution in [0.2, 0.25) is 0 Å². The van der Waals surface area contributed by atoms with Crippen LogP contribution in [0.15, 0.2) is 24.3 Å². The number of nitrogens with one attached hydrogen (secondary N) is 1. The molecule has 0 radical (unpaired) electrons. The molecule has 2 aliphatic rings. The van der Waals surface area contributed by atoms with Crippen LogP contribution in [0.5, 0.6) is 0 Å². The molecule has 110 valence electrons. The highest BCUT2D eigenvalue weighted by atomic mass is 16.5. The lowest BCUT2D eigenvalue weighted by atomic mass is 9.97. The Morgan fingerprint density at radius 1 is 1.25 bits per heavy atom. The second-order valence-corrected chi connectivity index (χ2v) is 6.10. The number of piperidine rings is 1. The first-order chi connectivity index (χ1) is 9.84. The van der Waals surface area contributed by atoms with Crippen molar-refractivity contribution >= 4 is 0 Å². The molecule has 2 heterocycles. The van der Waals surface area contributed by atoms with Gasteiger partial charge < -0.3 is 15.0 Å². The summed E-state index contributed by atoms with van der Waals surface area (Å²) in [5, 5.41) is 3.63. The molecule has 1 aromatic rings. The van der Waals surface area contributed by atoms with Crippen molar-refractivity contribution in [3.05, 3.63) is 35.4 Å². The van der Waals surface area contributed by atoms with Gasteiger partial charge in [-0.25, -0.2) is 0 Å². The van der Waals surface area contributed by atoms with E-state index in [1.807, 2.05) is 0 Å². The van der Waals surface area contributed by atoms with Gasteiger partial charge in [-0.3, -0.25) is 0 Å². The smallest absolute Gasteiger partial charge is 0.0952 e. The van der Waals surface area contributed by atoms with Gasteiger partial charge in [0.2, 0.25) is 0 Å². The number of benzene rings is 1. The Labute approximate surface area is 122 Å². The minimum atomic E-state index is 0.230. The molecule has 20 heavy (non-hydrogen) atoms. The summed E-state index contributed by atoms with van der Waals surface area (Å²) in [5.41, 5.74) is 2.84. The fraction of sp³-hybridized carbons (Fsp3) is 0.647. The highest BCUT2D eigenvalue weighted by Gasteiger charge is 2.22. The van der Waals surface area contributed by atoms with Gasteiger partial charge in [0.1, 0.15) is 0 Å². The summed E-state index contributed by atoms with van der Waals surface area (Å²) in [6.07, 6.45) is 5.34. The van der Waals surface area contributed by atoms with Crippen LogP contribution >= 0.6 is 0 Å². The van der Waals surface area contributed by atoms with Gasteiger partial charge in [0, 0.05) is 19.1 Å². The van der Waals surface area contributed by atoms with E-state index in [1.165, 1.54) is 36.9 Å². The predicted molar refractivity (Wildman–Crippen MR) is 82.0 cm³/mol. The molecule has 0 saturated carbocycles. The van der Waals surface area contributed by atoms with Gasteiger partial charge >= 0.3 is 0 Å². The topological polar surface area (TPSA) is 24.5 Å². The zero-order valence-electron chi connectivity index (χ0n) is 12.5. The third-order valence-electron chi connectivity index (χ3n) is 4.72. The lowest BCUT2D eigenvalue weighted by Crippen LogP contribution is -2.44. The minimum Gasteiger partial charge on any atom is -0.372 e. The van der Waals surface area contributed by atoms with Crippen LogP contribution < -0.4 is 5.32 Å². The second-order valence-electron chi connectivity index (χ2n) is 6.10. The van der Waals surface area contributed by atoms with Gasteiger partial charge in [-0.15, -0.1) is 0 Å². The van der Waals surface area contributed by atoms with E-state index >= 15 is 0 Å². The number of ether oxygens (including phenoxy) is 1. The number of likely N-dealkylation sites (N-methyl/N-ethyl adjacent to an activating group) is 1. The SMILES string of the molecule is CN1CCCCC1CNCC1OCCc2ccccc21. The highest BCUT2D eigenvalue weighted by Crippen LogP contribution is 2.26. The molecule has 0 bridgehead atoms. The van der Waals surface area contributed by atoms with Crippen LogP contribution in [0.3, 0.4) is 0 Å². The maximum atomic E-state index is 5.94. The number of likely N-dealkylation sites (tertiary alicyclic amines) is 1. The minimum absolute atomic E-state index is 0.230. The van der Waals surface area contributed by atoms with Gasteiger partial charge in [0.25, 0.3) is 0 Å². The highest BCUT2D eigenvalue weighted by molar-refractivity contribution is 5.31. The van der Waals surface area contributed by atoms with E-state index in [1.54, 1.807) is 0 Å². The first-order valence-corrected chi connectivity index (χ1v) is 7.95. The summed E-state index contributed by atoms with van der Waals surface area (Å²) in [4.78, 5) is 2.49. The summed E-state index contributed by atoms with van der Waals surface area (Å²) < 4.78 is 5.94. The van der Waals surface area contributed by atoms with Crippen molar-refractivity contribution in [3.63, 3.8) is 0 Å². The molecule has 2 atom stereocenters. The van der Waals surface area contributed by atoms with Crippen LogP contribution in [0, 0.1) is 0 Å². The van der Waals surface area contributed by atoms with Gasteiger partial charge in [0.05, 0.1) is 12.7 Å². The standard InChI is InChI=1S/C17H26N2O/c1-19-10-5-4-7-15(19)12-18-13-17-16-8-3-2-6-14(16)9-11-20-17/h2-3,6,8,15,17-18H,4-5,7,9-13H2,1H3.